The Bertz CT molecular complexity index is 2480. The lowest BCUT2D eigenvalue weighted by molar-refractivity contribution is 0.151. The zero-order valence-corrected chi connectivity index (χ0v) is 25.1. The number of phenols is 1. The molecule has 0 aliphatic heterocycles. The van der Waals surface area contributed by atoms with Crippen molar-refractivity contribution in [3.63, 3.8) is 0 Å². The van der Waals surface area contributed by atoms with Gasteiger partial charge in [0.1, 0.15) is 5.82 Å². The number of alkyl halides is 2. The van der Waals surface area contributed by atoms with Gasteiger partial charge >= 0.3 is 0 Å². The van der Waals surface area contributed by atoms with E-state index in [4.69, 9.17) is 0 Å². The molecule has 0 aliphatic rings. The van der Waals surface area contributed by atoms with Crippen LogP contribution >= 0.6 is 0 Å². The van der Waals surface area contributed by atoms with E-state index >= 15 is 8.78 Å². The number of aromatic hydroxyl groups is 1. The molecule has 14 heteroatoms. The first kappa shape index (κ1) is 32.8. The summed E-state index contributed by atoms with van der Waals surface area (Å²) in [5.41, 5.74) is -3.77. The van der Waals surface area contributed by atoms with E-state index in [0.29, 0.717) is 3.97 Å². The lowest BCUT2D eigenvalue weighted by Crippen LogP contribution is -2.14. The van der Waals surface area contributed by atoms with Gasteiger partial charge in [0.2, 0.25) is 11.6 Å². The highest BCUT2D eigenvalue weighted by molar-refractivity contribution is 7.90. The molecule has 0 saturated carbocycles. The van der Waals surface area contributed by atoms with E-state index in [1.165, 1.54) is 24.3 Å². The molecule has 0 saturated heterocycles. The fraction of sp³-hybridized carbons (Fsp3) is 0.0286. The van der Waals surface area contributed by atoms with Crippen molar-refractivity contribution < 1.29 is 44.3 Å². The summed E-state index contributed by atoms with van der Waals surface area (Å²) in [6, 6.07) is 18.7. The molecular formula is C35H16F7N3O3S. The molecule has 0 spiro atoms. The molecule has 1 heterocycles. The van der Waals surface area contributed by atoms with E-state index in [2.05, 4.69) is 0 Å². The fourth-order valence-electron chi connectivity index (χ4n) is 5.59. The third-order valence-electron chi connectivity index (χ3n) is 7.78. The van der Waals surface area contributed by atoms with Gasteiger partial charge in [-0.2, -0.15) is 19.3 Å². The summed E-state index contributed by atoms with van der Waals surface area (Å²) < 4.78 is 130. The van der Waals surface area contributed by atoms with E-state index < -0.39 is 72.9 Å². The summed E-state index contributed by atoms with van der Waals surface area (Å²) in [7, 11) is -4.86. The minimum atomic E-state index is -4.86. The molecule has 0 unspecified atom stereocenters. The van der Waals surface area contributed by atoms with E-state index in [0.717, 1.165) is 60.7 Å². The standard InChI is InChI=1S/C35H16F7N3O3S/c36-22-9-12-25-24(14-22)28(26-20(15-43)5-2-6-21(26)16-44)33(45(25)49(47,48)23-10-7-17(8-11-23)35(41)42)19-4-1-3-18(13-19)27-29(37)31(39)34(46)32(40)30(27)38/h1-14,35,46H. The Hall–Kier alpha value is -6.12. The minimum Gasteiger partial charge on any atom is -0.503 e. The Morgan fingerprint density at radius 1 is 0.673 bits per heavy atom. The third-order valence-corrected chi connectivity index (χ3v) is 9.51. The zero-order chi connectivity index (χ0) is 35.4. The molecule has 5 aromatic carbocycles. The van der Waals surface area contributed by atoms with E-state index in [1.807, 2.05) is 12.1 Å². The predicted octanol–water partition coefficient (Wildman–Crippen LogP) is 8.96. The molecule has 244 valence electrons. The number of benzene rings is 5. The number of hydrogen-bond acceptors (Lipinski definition) is 5. The smallest absolute Gasteiger partial charge is 0.268 e. The molecule has 0 fully saturated rings. The molecule has 1 N–H and O–H groups in total. The monoisotopic (exact) mass is 691 g/mol. The lowest BCUT2D eigenvalue weighted by atomic mass is 9.90. The maximum atomic E-state index is 15.0. The molecule has 0 bridgehead atoms. The molecule has 0 amide bonds. The fourth-order valence-corrected chi connectivity index (χ4v) is 7.14. The molecule has 6 aromatic rings. The van der Waals surface area contributed by atoms with Gasteiger partial charge in [-0.15, -0.1) is 0 Å². The van der Waals surface area contributed by atoms with Crippen molar-refractivity contribution in [2.75, 3.05) is 0 Å². The summed E-state index contributed by atoms with van der Waals surface area (Å²) in [6.45, 7) is 0. The largest absolute Gasteiger partial charge is 0.503 e. The van der Waals surface area contributed by atoms with Crippen LogP contribution in [0.5, 0.6) is 5.75 Å². The van der Waals surface area contributed by atoms with Crippen molar-refractivity contribution in [1.29, 1.82) is 10.5 Å². The predicted molar refractivity (Wildman–Crippen MR) is 163 cm³/mol. The number of nitriles is 2. The number of rotatable bonds is 6. The second-order valence-corrected chi connectivity index (χ2v) is 12.3. The maximum Gasteiger partial charge on any atom is 0.268 e. The van der Waals surface area contributed by atoms with Crippen molar-refractivity contribution in [3.05, 3.63) is 131 Å². The van der Waals surface area contributed by atoms with E-state index in [9.17, 15) is 46.0 Å². The zero-order valence-electron chi connectivity index (χ0n) is 24.3. The highest BCUT2D eigenvalue weighted by Gasteiger charge is 2.32. The van der Waals surface area contributed by atoms with Crippen LogP contribution in [0.4, 0.5) is 30.7 Å². The quantitative estimate of drug-likeness (QED) is 0.139. The number of hydrogen-bond donors (Lipinski definition) is 1. The van der Waals surface area contributed by atoms with Crippen molar-refractivity contribution in [1.82, 2.24) is 3.97 Å². The van der Waals surface area contributed by atoms with Crippen LogP contribution in [0, 0.1) is 51.7 Å². The molecule has 0 radical (unpaired) electrons. The molecule has 1 aromatic heterocycles. The summed E-state index contributed by atoms with van der Waals surface area (Å²) in [4.78, 5) is -0.518. The van der Waals surface area contributed by atoms with Gasteiger partial charge in [-0.1, -0.05) is 36.4 Å². The number of nitrogens with zero attached hydrogens (tertiary/aromatic N) is 3. The highest BCUT2D eigenvalue weighted by Crippen LogP contribution is 2.46. The van der Waals surface area contributed by atoms with Crippen molar-refractivity contribution in [3.8, 4) is 51.4 Å². The summed E-state index contributed by atoms with van der Waals surface area (Å²) in [5.74, 6) is -10.9. The first-order valence-corrected chi connectivity index (χ1v) is 15.3. The van der Waals surface area contributed by atoms with Crippen LogP contribution in [0.3, 0.4) is 0 Å². The van der Waals surface area contributed by atoms with Gasteiger partial charge in [-0.3, -0.25) is 0 Å². The van der Waals surface area contributed by atoms with Gasteiger partial charge < -0.3 is 5.11 Å². The molecule has 6 nitrogen and oxygen atoms in total. The SMILES string of the molecule is N#Cc1cccc(C#N)c1-c1c(-c2cccc(-c3c(F)c(F)c(O)c(F)c3F)c2)n(S(=O)(=O)c2ccc(C(F)F)cc2)c2ccc(F)cc12. The number of fused-ring (bicyclic) bond motifs is 1. The molecule has 49 heavy (non-hydrogen) atoms. The Balaban J connectivity index is 1.80. The topological polar surface area (TPSA) is 107 Å². The molecule has 6 rings (SSSR count). The van der Waals surface area contributed by atoms with E-state index in [1.54, 1.807) is 0 Å². The van der Waals surface area contributed by atoms with E-state index in [-0.39, 0.29) is 44.4 Å². The number of phenolic OH excluding ortho intramolecular Hbond substituents is 1. The van der Waals surface area contributed by atoms with Crippen molar-refractivity contribution in [2.24, 2.45) is 0 Å². The average Bonchev–Trinajstić information content (AvgIpc) is 3.44. The van der Waals surface area contributed by atoms with Crippen LogP contribution in [0.25, 0.3) is 44.4 Å². The lowest BCUT2D eigenvalue weighted by Gasteiger charge is -2.16. The van der Waals surface area contributed by atoms with Crippen molar-refractivity contribution in [2.45, 2.75) is 11.3 Å². The first-order valence-electron chi connectivity index (χ1n) is 13.9. The Morgan fingerprint density at radius 3 is 1.82 bits per heavy atom. The van der Waals surface area contributed by atoms with Crippen LogP contribution in [0.15, 0.2) is 89.8 Å². The average molecular weight is 692 g/mol. The summed E-state index contributed by atoms with van der Waals surface area (Å²) in [6.07, 6.45) is -2.93. The van der Waals surface area contributed by atoms with Gasteiger partial charge in [-0.25, -0.2) is 34.3 Å². The Kier molecular flexibility index (Phi) is 8.14. The molecule has 0 aliphatic carbocycles. The first-order chi connectivity index (χ1) is 23.3. The van der Waals surface area contributed by atoms with Crippen molar-refractivity contribution >= 4 is 20.9 Å². The summed E-state index contributed by atoms with van der Waals surface area (Å²) in [5, 5.41) is 29.4. The van der Waals surface area contributed by atoms with Gasteiger partial charge in [0.25, 0.3) is 16.4 Å². The van der Waals surface area contributed by atoms with Gasteiger partial charge in [0, 0.05) is 27.6 Å². The third kappa shape index (κ3) is 5.23. The van der Waals surface area contributed by atoms with Gasteiger partial charge in [-0.05, 0) is 54.1 Å². The van der Waals surface area contributed by atoms with Crippen LogP contribution in [-0.2, 0) is 10.0 Å². The Morgan fingerprint density at radius 2 is 1.24 bits per heavy atom. The highest BCUT2D eigenvalue weighted by atomic mass is 32.2. The summed E-state index contributed by atoms with van der Waals surface area (Å²) >= 11 is 0. The molecular weight excluding hydrogens is 675 g/mol. The van der Waals surface area contributed by atoms with Crippen LogP contribution in [-0.4, -0.2) is 17.5 Å². The molecule has 0 atom stereocenters. The Labute approximate surface area is 272 Å². The number of halogens is 7. The minimum absolute atomic E-state index is 0.147. The second-order valence-electron chi connectivity index (χ2n) is 10.5. The normalized spacial score (nSPS) is 11.6. The number of aromatic nitrogens is 1. The van der Waals surface area contributed by atoms with Crippen LogP contribution in [0.1, 0.15) is 23.1 Å². The van der Waals surface area contributed by atoms with Crippen LogP contribution < -0.4 is 0 Å². The second kappa shape index (κ2) is 12.2. The van der Waals surface area contributed by atoms with Gasteiger partial charge in [0.05, 0.1) is 44.9 Å². The maximum absolute atomic E-state index is 15.0. The van der Waals surface area contributed by atoms with Gasteiger partial charge in [0.15, 0.2) is 17.4 Å². The van der Waals surface area contributed by atoms with Crippen LogP contribution in [0.2, 0.25) is 0 Å².